The predicted octanol–water partition coefficient (Wildman–Crippen LogP) is 3.48. The fourth-order valence-electron chi connectivity index (χ4n) is 3.44. The van der Waals surface area contributed by atoms with Gasteiger partial charge in [-0.3, -0.25) is 9.59 Å². The fraction of sp³-hybridized carbons (Fsp3) is 0.364. The lowest BCUT2D eigenvalue weighted by Crippen LogP contribution is -2.51. The van der Waals surface area contributed by atoms with Gasteiger partial charge >= 0.3 is 0 Å². The Morgan fingerprint density at radius 1 is 0.885 bits per heavy atom. The van der Waals surface area contributed by atoms with Crippen LogP contribution in [0.1, 0.15) is 48.0 Å². The first-order valence-electron chi connectivity index (χ1n) is 9.42. The van der Waals surface area contributed by atoms with Gasteiger partial charge in [0, 0.05) is 18.0 Å². The minimum atomic E-state index is -0.577. The highest BCUT2D eigenvalue weighted by molar-refractivity contribution is 5.97. The fourth-order valence-corrected chi connectivity index (χ4v) is 3.44. The Bertz CT molecular complexity index is 709. The van der Waals surface area contributed by atoms with Crippen LogP contribution in [0.4, 0.5) is 0 Å². The molecule has 1 fully saturated rings. The van der Waals surface area contributed by atoms with Crippen LogP contribution in [0.25, 0.3) is 0 Å². The molecule has 0 aromatic heterocycles. The molecule has 26 heavy (non-hydrogen) atoms. The molecular formula is C22H26N2O2. The van der Waals surface area contributed by atoms with Crippen molar-refractivity contribution < 1.29 is 9.59 Å². The normalized spacial score (nSPS) is 15.8. The van der Waals surface area contributed by atoms with Gasteiger partial charge in [0.2, 0.25) is 5.91 Å². The Labute approximate surface area is 155 Å². The van der Waals surface area contributed by atoms with Gasteiger partial charge in [-0.25, -0.2) is 0 Å². The van der Waals surface area contributed by atoms with Crippen LogP contribution in [0.15, 0.2) is 60.7 Å². The number of hydrogen-bond acceptors (Lipinski definition) is 2. The molecule has 0 aliphatic heterocycles. The summed E-state index contributed by atoms with van der Waals surface area (Å²) < 4.78 is 0. The maximum Gasteiger partial charge on any atom is 0.251 e. The number of carbonyl (C=O) groups is 2. The zero-order valence-electron chi connectivity index (χ0n) is 15.0. The van der Waals surface area contributed by atoms with E-state index in [9.17, 15) is 9.59 Å². The molecule has 136 valence electrons. The number of carbonyl (C=O) groups excluding carboxylic acids is 2. The second-order valence-electron chi connectivity index (χ2n) is 6.93. The molecule has 1 aliphatic carbocycles. The Balaban J connectivity index is 1.70. The van der Waals surface area contributed by atoms with Crippen LogP contribution in [0, 0.1) is 0 Å². The van der Waals surface area contributed by atoms with Crippen LogP contribution in [0.2, 0.25) is 0 Å². The first-order chi connectivity index (χ1) is 12.7. The standard InChI is InChI=1S/C22H26N2O2/c25-21(18-12-6-2-7-13-18)24-20(16-17-10-4-1-5-11-17)22(26)23-19-14-8-3-9-15-19/h1-2,4-7,10-13,19-20H,3,8-9,14-16H2,(H,23,26)(H,24,25)/t20-/m0/s1. The molecular weight excluding hydrogens is 324 g/mol. The van der Waals surface area contributed by atoms with E-state index in [0.717, 1.165) is 31.2 Å². The Kier molecular flexibility index (Phi) is 6.42. The van der Waals surface area contributed by atoms with Crippen LogP contribution in [-0.2, 0) is 11.2 Å². The van der Waals surface area contributed by atoms with Crippen molar-refractivity contribution in [1.82, 2.24) is 10.6 Å². The quantitative estimate of drug-likeness (QED) is 0.838. The van der Waals surface area contributed by atoms with E-state index >= 15 is 0 Å². The van der Waals surface area contributed by atoms with E-state index in [-0.39, 0.29) is 17.9 Å². The van der Waals surface area contributed by atoms with Gasteiger partial charge in [0.05, 0.1) is 0 Å². The maximum atomic E-state index is 12.9. The van der Waals surface area contributed by atoms with Crippen molar-refractivity contribution in [2.24, 2.45) is 0 Å². The third-order valence-corrected chi connectivity index (χ3v) is 4.89. The summed E-state index contributed by atoms with van der Waals surface area (Å²) in [6.07, 6.45) is 6.09. The summed E-state index contributed by atoms with van der Waals surface area (Å²) in [6.45, 7) is 0. The van der Waals surface area contributed by atoms with E-state index in [2.05, 4.69) is 10.6 Å². The molecule has 2 aromatic rings. The monoisotopic (exact) mass is 350 g/mol. The molecule has 4 heteroatoms. The van der Waals surface area contributed by atoms with Gasteiger partial charge in [0.1, 0.15) is 6.04 Å². The van der Waals surface area contributed by atoms with E-state index in [1.807, 2.05) is 48.5 Å². The van der Waals surface area contributed by atoms with Crippen molar-refractivity contribution in [1.29, 1.82) is 0 Å². The molecule has 0 saturated heterocycles. The molecule has 0 spiro atoms. The van der Waals surface area contributed by atoms with Gasteiger partial charge in [0.15, 0.2) is 0 Å². The zero-order chi connectivity index (χ0) is 18.2. The summed E-state index contributed by atoms with van der Waals surface area (Å²) in [7, 11) is 0. The van der Waals surface area contributed by atoms with Crippen molar-refractivity contribution in [2.45, 2.75) is 50.6 Å². The van der Waals surface area contributed by atoms with Crippen molar-refractivity contribution in [3.63, 3.8) is 0 Å². The first kappa shape index (κ1) is 18.2. The third-order valence-electron chi connectivity index (χ3n) is 4.89. The van der Waals surface area contributed by atoms with Gasteiger partial charge in [-0.2, -0.15) is 0 Å². The van der Waals surface area contributed by atoms with Gasteiger partial charge in [-0.15, -0.1) is 0 Å². The summed E-state index contributed by atoms with van der Waals surface area (Å²) >= 11 is 0. The average molecular weight is 350 g/mol. The third kappa shape index (κ3) is 5.19. The van der Waals surface area contributed by atoms with Crippen LogP contribution in [0.5, 0.6) is 0 Å². The second-order valence-corrected chi connectivity index (χ2v) is 6.93. The molecule has 2 N–H and O–H groups in total. The SMILES string of the molecule is O=C(N[C@@H](Cc1ccccc1)C(=O)NC1CCCCC1)c1ccccc1. The summed E-state index contributed by atoms with van der Waals surface area (Å²) in [6, 6.07) is 18.5. The van der Waals surface area contributed by atoms with E-state index in [1.54, 1.807) is 12.1 Å². The topological polar surface area (TPSA) is 58.2 Å². The average Bonchev–Trinajstić information content (AvgIpc) is 2.69. The minimum Gasteiger partial charge on any atom is -0.352 e. The molecule has 1 saturated carbocycles. The lowest BCUT2D eigenvalue weighted by atomic mass is 9.95. The van der Waals surface area contributed by atoms with Crippen LogP contribution < -0.4 is 10.6 Å². The first-order valence-corrected chi connectivity index (χ1v) is 9.42. The van der Waals surface area contributed by atoms with Gasteiger partial charge in [-0.05, 0) is 30.5 Å². The number of hydrogen-bond donors (Lipinski definition) is 2. The Morgan fingerprint density at radius 3 is 2.15 bits per heavy atom. The number of benzene rings is 2. The molecule has 4 nitrogen and oxygen atoms in total. The maximum absolute atomic E-state index is 12.9. The highest BCUT2D eigenvalue weighted by atomic mass is 16.2. The molecule has 1 atom stereocenters. The molecule has 0 bridgehead atoms. The van der Waals surface area contributed by atoms with Crippen molar-refractivity contribution in [3.8, 4) is 0 Å². The van der Waals surface area contributed by atoms with Gasteiger partial charge in [0.25, 0.3) is 5.91 Å². The molecule has 1 aliphatic rings. The van der Waals surface area contributed by atoms with Crippen LogP contribution >= 0.6 is 0 Å². The number of nitrogens with one attached hydrogen (secondary N) is 2. The van der Waals surface area contributed by atoms with Crippen LogP contribution in [0.3, 0.4) is 0 Å². The predicted molar refractivity (Wildman–Crippen MR) is 103 cm³/mol. The zero-order valence-corrected chi connectivity index (χ0v) is 15.0. The largest absolute Gasteiger partial charge is 0.352 e. The van der Waals surface area contributed by atoms with Crippen molar-refractivity contribution in [2.75, 3.05) is 0 Å². The van der Waals surface area contributed by atoms with E-state index in [1.165, 1.54) is 6.42 Å². The van der Waals surface area contributed by atoms with Crippen LogP contribution in [-0.4, -0.2) is 23.9 Å². The highest BCUT2D eigenvalue weighted by Gasteiger charge is 2.25. The summed E-state index contributed by atoms with van der Waals surface area (Å²) in [4.78, 5) is 25.4. The van der Waals surface area contributed by atoms with Gasteiger partial charge in [-0.1, -0.05) is 67.8 Å². The summed E-state index contributed by atoms with van der Waals surface area (Å²) in [5.41, 5.74) is 1.60. The van der Waals surface area contributed by atoms with Gasteiger partial charge < -0.3 is 10.6 Å². The van der Waals surface area contributed by atoms with E-state index in [0.29, 0.717) is 12.0 Å². The smallest absolute Gasteiger partial charge is 0.251 e. The summed E-state index contributed by atoms with van der Waals surface area (Å²) in [5, 5.41) is 6.06. The number of amides is 2. The molecule has 0 unspecified atom stereocenters. The molecule has 0 radical (unpaired) electrons. The Morgan fingerprint density at radius 2 is 1.50 bits per heavy atom. The lowest BCUT2D eigenvalue weighted by Gasteiger charge is -2.26. The molecule has 3 rings (SSSR count). The van der Waals surface area contributed by atoms with E-state index in [4.69, 9.17) is 0 Å². The highest BCUT2D eigenvalue weighted by Crippen LogP contribution is 2.17. The number of rotatable bonds is 6. The van der Waals surface area contributed by atoms with Crippen molar-refractivity contribution >= 4 is 11.8 Å². The minimum absolute atomic E-state index is 0.0926. The van der Waals surface area contributed by atoms with E-state index < -0.39 is 6.04 Å². The van der Waals surface area contributed by atoms with Crippen molar-refractivity contribution in [3.05, 3.63) is 71.8 Å². The lowest BCUT2D eigenvalue weighted by molar-refractivity contribution is -0.123. The second kappa shape index (κ2) is 9.18. The molecule has 0 heterocycles. The molecule has 2 aromatic carbocycles. The Hall–Kier alpha value is -2.62. The molecule has 2 amide bonds. The summed E-state index contributed by atoms with van der Waals surface area (Å²) in [5.74, 6) is -0.310.